The fourth-order valence-corrected chi connectivity index (χ4v) is 1.71. The molecule has 0 bridgehead atoms. The van der Waals surface area contributed by atoms with Crippen molar-refractivity contribution in [2.24, 2.45) is 0 Å². The maximum absolute atomic E-state index is 11.0. The van der Waals surface area contributed by atoms with Gasteiger partial charge in [0, 0.05) is 24.9 Å². The van der Waals surface area contributed by atoms with E-state index in [-0.39, 0.29) is 38.1 Å². The number of anilines is 2. The summed E-state index contributed by atoms with van der Waals surface area (Å²) in [6.45, 7) is -0.174. The molecule has 8 nitrogen and oxygen atoms in total. The molecule has 0 heterocycles. The average molecular weight is 285 g/mol. The molecule has 8 heteroatoms. The molecule has 0 aliphatic rings. The van der Waals surface area contributed by atoms with Crippen molar-refractivity contribution in [3.05, 3.63) is 28.3 Å². The van der Waals surface area contributed by atoms with Gasteiger partial charge in [-0.15, -0.1) is 0 Å². The summed E-state index contributed by atoms with van der Waals surface area (Å²) in [6.07, 6.45) is 0.342. The minimum Gasteiger partial charge on any atom is -0.396 e. The zero-order valence-electron chi connectivity index (χ0n) is 11.0. The molecule has 0 amide bonds. The highest BCUT2D eigenvalue weighted by molar-refractivity contribution is 5.68. The SMILES string of the molecule is O=[N+]([O-])c1cc(NC(CO)CCO)ccc1NCCO. The molecular weight excluding hydrogens is 266 g/mol. The first kappa shape index (κ1) is 16.2. The van der Waals surface area contributed by atoms with Crippen LogP contribution in [-0.4, -0.2) is 52.7 Å². The number of nitro groups is 1. The van der Waals surface area contributed by atoms with Gasteiger partial charge >= 0.3 is 0 Å². The molecule has 1 unspecified atom stereocenters. The maximum atomic E-state index is 11.0. The number of hydrogen-bond donors (Lipinski definition) is 5. The van der Waals surface area contributed by atoms with Gasteiger partial charge in [0.1, 0.15) is 5.69 Å². The Hall–Kier alpha value is -1.90. The first-order valence-electron chi connectivity index (χ1n) is 6.23. The number of rotatable bonds is 9. The molecular formula is C12H19N3O5. The van der Waals surface area contributed by atoms with Crippen LogP contribution in [0, 0.1) is 10.1 Å². The first-order chi connectivity index (χ1) is 9.62. The van der Waals surface area contributed by atoms with Crippen molar-refractivity contribution in [3.63, 3.8) is 0 Å². The smallest absolute Gasteiger partial charge is 0.294 e. The minimum atomic E-state index is -0.523. The van der Waals surface area contributed by atoms with E-state index < -0.39 is 4.92 Å². The molecule has 0 aliphatic carbocycles. The molecule has 0 spiro atoms. The zero-order valence-corrected chi connectivity index (χ0v) is 11.0. The Morgan fingerprint density at radius 3 is 2.55 bits per heavy atom. The third-order valence-electron chi connectivity index (χ3n) is 2.69. The van der Waals surface area contributed by atoms with E-state index in [2.05, 4.69) is 10.6 Å². The molecule has 0 saturated carbocycles. The predicted molar refractivity (Wildman–Crippen MR) is 74.9 cm³/mol. The lowest BCUT2D eigenvalue weighted by Gasteiger charge is -2.17. The molecule has 1 atom stereocenters. The van der Waals surface area contributed by atoms with Crippen LogP contribution in [-0.2, 0) is 0 Å². The van der Waals surface area contributed by atoms with Gasteiger partial charge in [0.05, 0.1) is 24.2 Å². The Morgan fingerprint density at radius 2 is 2.00 bits per heavy atom. The lowest BCUT2D eigenvalue weighted by atomic mass is 10.2. The Balaban J connectivity index is 2.88. The fraction of sp³-hybridized carbons (Fsp3) is 0.500. The van der Waals surface area contributed by atoms with Gasteiger partial charge in [-0.3, -0.25) is 10.1 Å². The molecule has 0 aliphatic heterocycles. The van der Waals surface area contributed by atoms with Crippen molar-refractivity contribution in [1.29, 1.82) is 0 Å². The van der Waals surface area contributed by atoms with Crippen molar-refractivity contribution < 1.29 is 20.2 Å². The summed E-state index contributed by atoms with van der Waals surface area (Å²) in [5.74, 6) is 0. The van der Waals surface area contributed by atoms with Crippen molar-refractivity contribution in [1.82, 2.24) is 0 Å². The Bertz CT molecular complexity index is 441. The van der Waals surface area contributed by atoms with Crippen LogP contribution in [0.2, 0.25) is 0 Å². The molecule has 0 saturated heterocycles. The second-order valence-corrected chi connectivity index (χ2v) is 4.18. The van der Waals surface area contributed by atoms with Crippen molar-refractivity contribution in [2.45, 2.75) is 12.5 Å². The first-order valence-corrected chi connectivity index (χ1v) is 6.23. The normalized spacial score (nSPS) is 11.9. The van der Waals surface area contributed by atoms with Gasteiger partial charge in [-0.25, -0.2) is 0 Å². The van der Waals surface area contributed by atoms with Crippen molar-refractivity contribution >= 4 is 17.1 Å². The van der Waals surface area contributed by atoms with Crippen molar-refractivity contribution in [2.75, 3.05) is 37.0 Å². The third kappa shape index (κ3) is 4.65. The zero-order chi connectivity index (χ0) is 15.0. The number of benzene rings is 1. The molecule has 1 rings (SSSR count). The molecule has 1 aromatic carbocycles. The van der Waals surface area contributed by atoms with Crippen LogP contribution in [0.5, 0.6) is 0 Å². The number of nitro benzene ring substituents is 1. The second kappa shape index (κ2) is 8.31. The Morgan fingerprint density at radius 1 is 1.25 bits per heavy atom. The van der Waals surface area contributed by atoms with E-state index in [9.17, 15) is 10.1 Å². The minimum absolute atomic E-state index is 0.0868. The van der Waals surface area contributed by atoms with E-state index >= 15 is 0 Å². The Kier molecular flexibility index (Phi) is 6.71. The van der Waals surface area contributed by atoms with Gasteiger partial charge in [0.2, 0.25) is 0 Å². The van der Waals surface area contributed by atoms with Crippen LogP contribution in [0.1, 0.15) is 6.42 Å². The van der Waals surface area contributed by atoms with Crippen LogP contribution in [0.3, 0.4) is 0 Å². The molecule has 112 valence electrons. The van der Waals surface area contributed by atoms with Gasteiger partial charge in [0.15, 0.2) is 0 Å². The summed E-state index contributed by atoms with van der Waals surface area (Å²) in [5, 5.41) is 43.4. The molecule has 0 fully saturated rings. The summed E-state index contributed by atoms with van der Waals surface area (Å²) < 4.78 is 0. The monoisotopic (exact) mass is 285 g/mol. The highest BCUT2D eigenvalue weighted by atomic mass is 16.6. The summed E-state index contributed by atoms with van der Waals surface area (Å²) in [4.78, 5) is 10.5. The van der Waals surface area contributed by atoms with E-state index in [0.717, 1.165) is 0 Å². The highest BCUT2D eigenvalue weighted by Crippen LogP contribution is 2.28. The van der Waals surface area contributed by atoms with Gasteiger partial charge in [-0.2, -0.15) is 0 Å². The van der Waals surface area contributed by atoms with Crippen LogP contribution in [0.15, 0.2) is 18.2 Å². The van der Waals surface area contributed by atoms with E-state index in [4.69, 9.17) is 15.3 Å². The van der Waals surface area contributed by atoms with Gasteiger partial charge in [0.25, 0.3) is 5.69 Å². The van der Waals surface area contributed by atoms with E-state index in [1.165, 1.54) is 12.1 Å². The summed E-state index contributed by atoms with van der Waals surface area (Å²) in [7, 11) is 0. The summed E-state index contributed by atoms with van der Waals surface area (Å²) in [5.41, 5.74) is 0.681. The molecule has 20 heavy (non-hydrogen) atoms. The van der Waals surface area contributed by atoms with E-state index in [1.807, 2.05) is 0 Å². The summed E-state index contributed by atoms with van der Waals surface area (Å²) >= 11 is 0. The van der Waals surface area contributed by atoms with Crippen LogP contribution in [0.25, 0.3) is 0 Å². The topological polar surface area (TPSA) is 128 Å². The van der Waals surface area contributed by atoms with Gasteiger partial charge < -0.3 is 26.0 Å². The second-order valence-electron chi connectivity index (χ2n) is 4.18. The lowest BCUT2D eigenvalue weighted by molar-refractivity contribution is -0.383. The van der Waals surface area contributed by atoms with Crippen LogP contribution >= 0.6 is 0 Å². The van der Waals surface area contributed by atoms with Crippen molar-refractivity contribution in [3.8, 4) is 0 Å². The predicted octanol–water partition coefficient (Wildman–Crippen LogP) is 0.154. The molecule has 1 aromatic rings. The molecule has 0 aromatic heterocycles. The average Bonchev–Trinajstić information content (AvgIpc) is 2.45. The maximum Gasteiger partial charge on any atom is 0.294 e. The Labute approximate surface area is 116 Å². The number of nitrogens with one attached hydrogen (secondary N) is 2. The van der Waals surface area contributed by atoms with Crippen LogP contribution < -0.4 is 10.6 Å². The van der Waals surface area contributed by atoms with Gasteiger partial charge in [-0.05, 0) is 18.6 Å². The third-order valence-corrected chi connectivity index (χ3v) is 2.69. The number of aliphatic hydroxyl groups excluding tert-OH is 3. The largest absolute Gasteiger partial charge is 0.396 e. The highest BCUT2D eigenvalue weighted by Gasteiger charge is 2.15. The number of nitrogens with zero attached hydrogens (tertiary/aromatic N) is 1. The number of hydrogen-bond acceptors (Lipinski definition) is 7. The van der Waals surface area contributed by atoms with E-state index in [1.54, 1.807) is 6.07 Å². The molecule has 5 N–H and O–H groups in total. The number of aliphatic hydroxyl groups is 3. The van der Waals surface area contributed by atoms with Crippen LogP contribution in [0.4, 0.5) is 17.1 Å². The lowest BCUT2D eigenvalue weighted by Crippen LogP contribution is -2.25. The van der Waals surface area contributed by atoms with Gasteiger partial charge in [-0.1, -0.05) is 0 Å². The fourth-order valence-electron chi connectivity index (χ4n) is 1.71. The molecule has 0 radical (unpaired) electrons. The standard InChI is InChI=1S/C12H19N3O5/c16-5-3-10(8-18)14-9-1-2-11(13-4-6-17)12(7-9)15(19)20/h1-2,7,10,13-14,16-18H,3-6,8H2. The van der Waals surface area contributed by atoms with E-state index in [0.29, 0.717) is 17.8 Å². The summed E-state index contributed by atoms with van der Waals surface area (Å²) in [6, 6.07) is 4.14. The quantitative estimate of drug-likeness (QED) is 0.323.